The summed E-state index contributed by atoms with van der Waals surface area (Å²) in [5.74, 6) is -0.426. The van der Waals surface area contributed by atoms with Crippen molar-refractivity contribution >= 4 is 39.7 Å². The van der Waals surface area contributed by atoms with Crippen LogP contribution in [0.25, 0.3) is 0 Å². The predicted molar refractivity (Wildman–Crippen MR) is 102 cm³/mol. The minimum atomic E-state index is -0.503. The minimum Gasteiger partial charge on any atom is -0.298 e. The zero-order valence-corrected chi connectivity index (χ0v) is 15.3. The van der Waals surface area contributed by atoms with Gasteiger partial charge in [0.15, 0.2) is 5.13 Å². The molecule has 2 aromatic carbocycles. The van der Waals surface area contributed by atoms with E-state index < -0.39 is 10.8 Å². The van der Waals surface area contributed by atoms with Gasteiger partial charge in [0, 0.05) is 39.7 Å². The van der Waals surface area contributed by atoms with Gasteiger partial charge in [-0.05, 0) is 24.6 Å². The summed E-state index contributed by atoms with van der Waals surface area (Å²) in [7, 11) is 0. The lowest BCUT2D eigenvalue weighted by molar-refractivity contribution is -0.385. The number of hydrogen-bond acceptors (Lipinski definition) is 5. The maximum atomic E-state index is 12.4. The van der Waals surface area contributed by atoms with E-state index in [9.17, 15) is 14.9 Å². The summed E-state index contributed by atoms with van der Waals surface area (Å²) < 4.78 is 0. The molecule has 132 valence electrons. The van der Waals surface area contributed by atoms with Crippen molar-refractivity contribution in [3.63, 3.8) is 0 Å². The first kappa shape index (κ1) is 18.0. The fraction of sp³-hybridized carbons (Fsp3) is 0.111. The van der Waals surface area contributed by atoms with Crippen LogP contribution in [0.1, 0.15) is 26.4 Å². The van der Waals surface area contributed by atoms with Gasteiger partial charge < -0.3 is 0 Å². The van der Waals surface area contributed by atoms with Crippen LogP contribution in [-0.2, 0) is 6.42 Å². The molecule has 0 unspecified atom stereocenters. The largest absolute Gasteiger partial charge is 0.298 e. The van der Waals surface area contributed by atoms with Crippen molar-refractivity contribution < 1.29 is 9.72 Å². The Morgan fingerprint density at radius 3 is 2.77 bits per heavy atom. The summed E-state index contributed by atoms with van der Waals surface area (Å²) in [6.07, 6.45) is 2.30. The van der Waals surface area contributed by atoms with Gasteiger partial charge in [0.2, 0.25) is 0 Å². The van der Waals surface area contributed by atoms with Crippen LogP contribution in [-0.4, -0.2) is 15.8 Å². The van der Waals surface area contributed by atoms with Gasteiger partial charge in [0.05, 0.1) is 4.92 Å². The van der Waals surface area contributed by atoms with Crippen molar-refractivity contribution in [3.8, 4) is 0 Å². The van der Waals surface area contributed by atoms with Gasteiger partial charge in [-0.25, -0.2) is 4.98 Å². The Kier molecular flexibility index (Phi) is 5.29. The molecule has 1 aromatic heterocycles. The molecular formula is C18H14ClN3O3S. The van der Waals surface area contributed by atoms with E-state index in [1.54, 1.807) is 19.2 Å². The number of halogens is 1. The highest BCUT2D eigenvalue weighted by molar-refractivity contribution is 7.15. The third-order valence-electron chi connectivity index (χ3n) is 3.84. The Balaban J connectivity index is 1.75. The first-order chi connectivity index (χ1) is 12.5. The predicted octanol–water partition coefficient (Wildman–Crippen LogP) is 4.86. The molecule has 3 aromatic rings. The minimum absolute atomic E-state index is 0.0869. The van der Waals surface area contributed by atoms with Crippen molar-refractivity contribution in [3.05, 3.63) is 85.4 Å². The molecule has 26 heavy (non-hydrogen) atoms. The molecule has 0 aliphatic rings. The fourth-order valence-electron chi connectivity index (χ4n) is 2.51. The number of nitrogens with one attached hydrogen (secondary N) is 1. The van der Waals surface area contributed by atoms with Crippen molar-refractivity contribution in [1.82, 2.24) is 4.98 Å². The van der Waals surface area contributed by atoms with Gasteiger partial charge >= 0.3 is 0 Å². The lowest BCUT2D eigenvalue weighted by Gasteiger charge is -2.05. The summed E-state index contributed by atoms with van der Waals surface area (Å²) >= 11 is 7.50. The first-order valence-corrected chi connectivity index (χ1v) is 8.88. The monoisotopic (exact) mass is 387 g/mol. The second-order valence-corrected chi connectivity index (χ2v) is 7.08. The third kappa shape index (κ3) is 3.89. The van der Waals surface area contributed by atoms with E-state index in [1.165, 1.54) is 23.5 Å². The van der Waals surface area contributed by atoms with Crippen LogP contribution in [0.4, 0.5) is 10.8 Å². The van der Waals surface area contributed by atoms with Crippen LogP contribution in [0.3, 0.4) is 0 Å². The fourth-order valence-corrected chi connectivity index (χ4v) is 3.54. The lowest BCUT2D eigenvalue weighted by Crippen LogP contribution is -2.13. The first-order valence-electron chi connectivity index (χ1n) is 7.69. The summed E-state index contributed by atoms with van der Waals surface area (Å²) in [5, 5.41) is 14.8. The average Bonchev–Trinajstić information content (AvgIpc) is 3.03. The van der Waals surface area contributed by atoms with Gasteiger partial charge in [-0.1, -0.05) is 35.9 Å². The summed E-state index contributed by atoms with van der Waals surface area (Å²) in [5.41, 5.74) is 1.46. The molecule has 0 radical (unpaired) electrons. The molecule has 1 heterocycles. The van der Waals surface area contributed by atoms with Crippen molar-refractivity contribution in [2.24, 2.45) is 0 Å². The molecule has 0 aliphatic heterocycles. The number of benzene rings is 2. The third-order valence-corrected chi connectivity index (χ3v) is 5.12. The molecule has 0 spiro atoms. The van der Waals surface area contributed by atoms with Crippen molar-refractivity contribution in [1.29, 1.82) is 0 Å². The van der Waals surface area contributed by atoms with E-state index in [0.29, 0.717) is 22.1 Å². The summed E-state index contributed by atoms with van der Waals surface area (Å²) in [4.78, 5) is 28.1. The number of nitro groups is 1. The van der Waals surface area contributed by atoms with Crippen LogP contribution in [0, 0.1) is 17.0 Å². The molecule has 6 nitrogen and oxygen atoms in total. The number of nitro benzene ring substituents is 1. The zero-order chi connectivity index (χ0) is 18.7. The summed E-state index contributed by atoms with van der Waals surface area (Å²) in [6.45, 7) is 1.55. The highest BCUT2D eigenvalue weighted by atomic mass is 35.5. The average molecular weight is 388 g/mol. The van der Waals surface area contributed by atoms with Crippen LogP contribution in [0.2, 0.25) is 5.02 Å². The highest BCUT2D eigenvalue weighted by Crippen LogP contribution is 2.26. The maximum absolute atomic E-state index is 12.4. The van der Waals surface area contributed by atoms with Gasteiger partial charge in [-0.3, -0.25) is 20.2 Å². The Morgan fingerprint density at radius 2 is 2.04 bits per heavy atom. The normalized spacial score (nSPS) is 10.5. The van der Waals surface area contributed by atoms with Gasteiger partial charge in [0.25, 0.3) is 11.6 Å². The van der Waals surface area contributed by atoms with Gasteiger partial charge in [-0.2, -0.15) is 0 Å². The Hall–Kier alpha value is -2.77. The number of nitrogens with zero attached hydrogens (tertiary/aromatic N) is 2. The highest BCUT2D eigenvalue weighted by Gasteiger charge is 2.18. The van der Waals surface area contributed by atoms with Crippen molar-refractivity contribution in [2.75, 3.05) is 5.32 Å². The molecule has 3 rings (SSSR count). The second-order valence-electron chi connectivity index (χ2n) is 5.56. The van der Waals surface area contributed by atoms with Crippen LogP contribution in [0.5, 0.6) is 0 Å². The van der Waals surface area contributed by atoms with Crippen LogP contribution >= 0.6 is 22.9 Å². The molecule has 0 saturated carbocycles. The van der Waals surface area contributed by atoms with Gasteiger partial charge in [0.1, 0.15) is 0 Å². The standard InChI is InChI=1S/C18H14ClN3O3S/c1-11-14(6-4-8-16(11)22(24)25)17(23)21-18-20-10-13(26-18)9-12-5-2-3-7-15(12)19/h2-8,10H,9H2,1H3,(H,20,21,23). The maximum Gasteiger partial charge on any atom is 0.273 e. The number of aromatic nitrogens is 1. The van der Waals surface area contributed by atoms with E-state index in [-0.39, 0.29) is 11.3 Å². The number of carbonyl (C=O) groups is 1. The number of amides is 1. The Morgan fingerprint density at radius 1 is 1.27 bits per heavy atom. The van der Waals surface area contributed by atoms with Crippen molar-refractivity contribution in [2.45, 2.75) is 13.3 Å². The molecule has 1 amide bonds. The van der Waals surface area contributed by atoms with E-state index in [1.807, 2.05) is 24.3 Å². The van der Waals surface area contributed by atoms with Gasteiger partial charge in [-0.15, -0.1) is 11.3 Å². The number of hydrogen-bond donors (Lipinski definition) is 1. The molecule has 0 bridgehead atoms. The Labute approximate surface area is 158 Å². The smallest absolute Gasteiger partial charge is 0.273 e. The molecule has 1 N–H and O–H groups in total. The lowest BCUT2D eigenvalue weighted by atomic mass is 10.1. The number of anilines is 1. The molecule has 0 saturated heterocycles. The number of thiazole rings is 1. The molecular weight excluding hydrogens is 374 g/mol. The number of rotatable bonds is 5. The summed E-state index contributed by atoms with van der Waals surface area (Å²) in [6, 6.07) is 12.0. The topological polar surface area (TPSA) is 85.1 Å². The van der Waals surface area contributed by atoms with E-state index in [4.69, 9.17) is 11.6 Å². The van der Waals surface area contributed by atoms with E-state index in [2.05, 4.69) is 10.3 Å². The quantitative estimate of drug-likeness (QED) is 0.500. The number of carbonyl (C=O) groups excluding carboxylic acids is 1. The van der Waals surface area contributed by atoms with Crippen LogP contribution < -0.4 is 5.32 Å². The van der Waals surface area contributed by atoms with E-state index in [0.717, 1.165) is 10.4 Å². The van der Waals surface area contributed by atoms with Crippen LogP contribution in [0.15, 0.2) is 48.7 Å². The van der Waals surface area contributed by atoms with E-state index >= 15 is 0 Å². The second kappa shape index (κ2) is 7.63. The Bertz CT molecular complexity index is 987. The molecule has 0 aliphatic carbocycles. The molecule has 0 atom stereocenters. The zero-order valence-electron chi connectivity index (χ0n) is 13.7. The molecule has 8 heteroatoms. The SMILES string of the molecule is Cc1c(C(=O)Nc2ncc(Cc3ccccc3Cl)s2)cccc1[N+](=O)[O-]. The molecule has 0 fully saturated rings.